The van der Waals surface area contributed by atoms with Gasteiger partial charge in [0.25, 0.3) is 0 Å². The zero-order chi connectivity index (χ0) is 12.1. The Hall–Kier alpha value is -0.0800. The van der Waals surface area contributed by atoms with Crippen LogP contribution in [0, 0.1) is 5.92 Å². The topological polar surface area (TPSA) is 15.3 Å². The Kier molecular flexibility index (Phi) is 5.77. The summed E-state index contributed by atoms with van der Waals surface area (Å²) in [6, 6.07) is 2.11. The molecule has 96 valence electrons. The van der Waals surface area contributed by atoms with Gasteiger partial charge in [-0.15, -0.1) is 0 Å². The van der Waals surface area contributed by atoms with E-state index in [1.165, 1.54) is 32.4 Å². The van der Waals surface area contributed by atoms with Crippen molar-refractivity contribution in [3.05, 3.63) is 0 Å². The molecular weight excluding hydrogens is 196 g/mol. The number of hydrogen-bond donors (Lipinski definition) is 1. The molecule has 1 heterocycles. The summed E-state index contributed by atoms with van der Waals surface area (Å²) in [5, 5.41) is 3.66. The van der Waals surface area contributed by atoms with Crippen molar-refractivity contribution >= 4 is 0 Å². The molecule has 2 heteroatoms. The van der Waals surface area contributed by atoms with E-state index >= 15 is 0 Å². The first-order valence-electron chi connectivity index (χ1n) is 7.04. The van der Waals surface area contributed by atoms with E-state index in [4.69, 9.17) is 0 Å². The van der Waals surface area contributed by atoms with Crippen molar-refractivity contribution in [3.8, 4) is 0 Å². The standard InChI is InChI=1S/C14H30N2/c1-6-14(11(2)3)16-9-7-12(4)15-13(5)8-10-16/h11-15H,6-10H2,1-5H3. The van der Waals surface area contributed by atoms with Crippen LogP contribution in [-0.2, 0) is 0 Å². The molecule has 3 atom stereocenters. The van der Waals surface area contributed by atoms with Crippen molar-refractivity contribution in [2.75, 3.05) is 13.1 Å². The second kappa shape index (κ2) is 6.61. The number of nitrogens with one attached hydrogen (secondary N) is 1. The molecule has 16 heavy (non-hydrogen) atoms. The third kappa shape index (κ3) is 4.06. The number of rotatable bonds is 3. The lowest BCUT2D eigenvalue weighted by Gasteiger charge is -2.37. The third-order valence-electron chi connectivity index (χ3n) is 3.92. The molecule has 1 rings (SSSR count). The summed E-state index contributed by atoms with van der Waals surface area (Å²) in [5.74, 6) is 0.781. The lowest BCUT2D eigenvalue weighted by molar-refractivity contribution is 0.126. The average Bonchev–Trinajstić information content (AvgIpc) is 2.19. The zero-order valence-corrected chi connectivity index (χ0v) is 11.8. The smallest absolute Gasteiger partial charge is 0.0116 e. The predicted molar refractivity (Wildman–Crippen MR) is 71.8 cm³/mol. The first kappa shape index (κ1) is 14.0. The Morgan fingerprint density at radius 3 is 2.00 bits per heavy atom. The summed E-state index contributed by atoms with van der Waals surface area (Å²) in [6.45, 7) is 14.2. The predicted octanol–water partition coefficient (Wildman–Crippen LogP) is 2.88. The van der Waals surface area contributed by atoms with Crippen molar-refractivity contribution < 1.29 is 0 Å². The zero-order valence-electron chi connectivity index (χ0n) is 11.8. The maximum atomic E-state index is 3.66. The van der Waals surface area contributed by atoms with Gasteiger partial charge in [-0.2, -0.15) is 0 Å². The molecule has 0 aliphatic carbocycles. The van der Waals surface area contributed by atoms with Crippen LogP contribution in [0.15, 0.2) is 0 Å². The molecule has 0 spiro atoms. The summed E-state index contributed by atoms with van der Waals surface area (Å²) in [4.78, 5) is 2.72. The minimum absolute atomic E-state index is 0.669. The van der Waals surface area contributed by atoms with Gasteiger partial charge >= 0.3 is 0 Å². The molecule has 2 nitrogen and oxygen atoms in total. The molecule has 1 saturated heterocycles. The van der Waals surface area contributed by atoms with Crippen LogP contribution < -0.4 is 5.32 Å². The largest absolute Gasteiger partial charge is 0.312 e. The maximum absolute atomic E-state index is 3.66. The summed E-state index contributed by atoms with van der Waals surface area (Å²) < 4.78 is 0. The van der Waals surface area contributed by atoms with Crippen molar-refractivity contribution in [2.24, 2.45) is 5.92 Å². The van der Waals surface area contributed by atoms with Gasteiger partial charge in [0.05, 0.1) is 0 Å². The molecular formula is C14H30N2. The van der Waals surface area contributed by atoms with Crippen molar-refractivity contribution in [1.29, 1.82) is 0 Å². The second-order valence-electron chi connectivity index (χ2n) is 5.80. The molecule has 1 aliphatic heterocycles. The van der Waals surface area contributed by atoms with Gasteiger partial charge in [-0.25, -0.2) is 0 Å². The van der Waals surface area contributed by atoms with E-state index in [0.717, 1.165) is 12.0 Å². The quantitative estimate of drug-likeness (QED) is 0.796. The van der Waals surface area contributed by atoms with E-state index in [1.54, 1.807) is 0 Å². The van der Waals surface area contributed by atoms with Gasteiger partial charge in [-0.3, -0.25) is 0 Å². The van der Waals surface area contributed by atoms with Crippen LogP contribution in [0.2, 0.25) is 0 Å². The Morgan fingerprint density at radius 1 is 1.12 bits per heavy atom. The molecule has 1 N–H and O–H groups in total. The second-order valence-corrected chi connectivity index (χ2v) is 5.80. The minimum Gasteiger partial charge on any atom is -0.312 e. The van der Waals surface area contributed by atoms with Crippen molar-refractivity contribution in [1.82, 2.24) is 10.2 Å². The van der Waals surface area contributed by atoms with E-state index in [-0.39, 0.29) is 0 Å². The van der Waals surface area contributed by atoms with Gasteiger partial charge in [-0.1, -0.05) is 20.8 Å². The molecule has 1 aliphatic rings. The minimum atomic E-state index is 0.669. The summed E-state index contributed by atoms with van der Waals surface area (Å²) >= 11 is 0. The van der Waals surface area contributed by atoms with E-state index in [0.29, 0.717) is 12.1 Å². The Balaban J connectivity index is 2.57. The molecule has 1 fully saturated rings. The van der Waals surface area contributed by atoms with Gasteiger partial charge in [0.15, 0.2) is 0 Å². The fourth-order valence-electron chi connectivity index (χ4n) is 2.97. The van der Waals surface area contributed by atoms with Crippen LogP contribution in [0.25, 0.3) is 0 Å². The Morgan fingerprint density at radius 2 is 1.62 bits per heavy atom. The Labute approximate surface area is 102 Å². The highest BCUT2D eigenvalue weighted by atomic mass is 15.2. The van der Waals surface area contributed by atoms with Gasteiger partial charge in [0.1, 0.15) is 0 Å². The van der Waals surface area contributed by atoms with Crippen LogP contribution in [0.3, 0.4) is 0 Å². The summed E-state index contributed by atoms with van der Waals surface area (Å²) in [5.41, 5.74) is 0. The van der Waals surface area contributed by atoms with Gasteiger partial charge in [0, 0.05) is 18.1 Å². The third-order valence-corrected chi connectivity index (χ3v) is 3.92. The van der Waals surface area contributed by atoms with Crippen molar-refractivity contribution in [3.63, 3.8) is 0 Å². The molecule has 0 aromatic carbocycles. The highest BCUT2D eigenvalue weighted by molar-refractivity contribution is 4.80. The van der Waals surface area contributed by atoms with Gasteiger partial charge in [-0.05, 0) is 52.1 Å². The molecule has 0 aromatic heterocycles. The fourth-order valence-corrected chi connectivity index (χ4v) is 2.97. The highest BCUT2D eigenvalue weighted by Gasteiger charge is 2.23. The first-order valence-corrected chi connectivity index (χ1v) is 7.04. The van der Waals surface area contributed by atoms with Crippen molar-refractivity contribution in [2.45, 2.75) is 72.0 Å². The van der Waals surface area contributed by atoms with Crippen LogP contribution in [0.4, 0.5) is 0 Å². The molecule has 3 unspecified atom stereocenters. The highest BCUT2D eigenvalue weighted by Crippen LogP contribution is 2.17. The lowest BCUT2D eigenvalue weighted by atomic mass is 9.97. The van der Waals surface area contributed by atoms with Crippen LogP contribution in [-0.4, -0.2) is 36.1 Å². The Bertz CT molecular complexity index is 179. The monoisotopic (exact) mass is 226 g/mol. The molecule has 0 bridgehead atoms. The number of nitrogens with zero attached hydrogens (tertiary/aromatic N) is 1. The summed E-state index contributed by atoms with van der Waals surface area (Å²) in [7, 11) is 0. The number of hydrogen-bond acceptors (Lipinski definition) is 2. The average molecular weight is 226 g/mol. The lowest BCUT2D eigenvalue weighted by Crippen LogP contribution is -2.47. The first-order chi connectivity index (χ1) is 7.54. The van der Waals surface area contributed by atoms with Gasteiger partial charge < -0.3 is 10.2 Å². The molecule has 0 saturated carbocycles. The van der Waals surface area contributed by atoms with E-state index < -0.39 is 0 Å². The molecule has 0 amide bonds. The molecule has 0 radical (unpaired) electrons. The normalized spacial score (nSPS) is 31.1. The maximum Gasteiger partial charge on any atom is 0.0116 e. The summed E-state index contributed by atoms with van der Waals surface area (Å²) in [6.07, 6.45) is 3.86. The van der Waals surface area contributed by atoms with Crippen LogP contribution in [0.1, 0.15) is 53.9 Å². The molecule has 0 aromatic rings. The van der Waals surface area contributed by atoms with Crippen LogP contribution >= 0.6 is 0 Å². The van der Waals surface area contributed by atoms with E-state index in [9.17, 15) is 0 Å². The van der Waals surface area contributed by atoms with Gasteiger partial charge in [0.2, 0.25) is 0 Å². The van der Waals surface area contributed by atoms with Crippen LogP contribution in [0.5, 0.6) is 0 Å². The van der Waals surface area contributed by atoms with E-state index in [2.05, 4.69) is 44.8 Å². The van der Waals surface area contributed by atoms with E-state index in [1.807, 2.05) is 0 Å². The fraction of sp³-hybridized carbons (Fsp3) is 1.00. The SMILES string of the molecule is CCC(C(C)C)N1CCC(C)NC(C)CC1.